The van der Waals surface area contributed by atoms with Crippen molar-refractivity contribution in [3.8, 4) is 0 Å². The molecular formula is C15H13Cl2N3O3. The van der Waals surface area contributed by atoms with Crippen LogP contribution >= 0.6 is 23.2 Å². The van der Waals surface area contributed by atoms with E-state index in [1.807, 2.05) is 0 Å². The Morgan fingerprint density at radius 3 is 2.48 bits per heavy atom. The maximum absolute atomic E-state index is 12.2. The third kappa shape index (κ3) is 3.65. The molecule has 23 heavy (non-hydrogen) atoms. The quantitative estimate of drug-likeness (QED) is 0.880. The van der Waals surface area contributed by atoms with Crippen molar-refractivity contribution in [2.75, 3.05) is 10.6 Å². The summed E-state index contributed by atoms with van der Waals surface area (Å²) in [6, 6.07) is 6.41. The zero-order chi connectivity index (χ0) is 16.6. The smallest absolute Gasteiger partial charge is 0.229 e. The number of aromatic nitrogens is 1. The molecule has 2 atom stereocenters. The van der Waals surface area contributed by atoms with Gasteiger partial charge in [-0.15, -0.1) is 0 Å². The Hall–Kier alpha value is -2.05. The van der Waals surface area contributed by atoms with E-state index < -0.39 is 0 Å². The lowest BCUT2D eigenvalue weighted by atomic mass is 10.2. The van der Waals surface area contributed by atoms with Crippen LogP contribution in [-0.4, -0.2) is 17.0 Å². The van der Waals surface area contributed by atoms with Crippen LogP contribution in [0.1, 0.15) is 12.2 Å². The first-order chi connectivity index (χ1) is 10.9. The van der Waals surface area contributed by atoms with Gasteiger partial charge in [-0.25, -0.2) is 0 Å². The molecule has 1 aliphatic rings. The van der Waals surface area contributed by atoms with Crippen LogP contribution in [0.2, 0.25) is 10.0 Å². The van der Waals surface area contributed by atoms with Crippen LogP contribution in [0.4, 0.5) is 11.5 Å². The number of carbonyl (C=O) groups excluding carboxylic acids is 2. The van der Waals surface area contributed by atoms with E-state index >= 15 is 0 Å². The number of anilines is 2. The lowest BCUT2D eigenvalue weighted by Crippen LogP contribution is -2.20. The van der Waals surface area contributed by atoms with Crippen molar-refractivity contribution in [3.05, 3.63) is 40.1 Å². The predicted molar refractivity (Wildman–Crippen MR) is 86.6 cm³/mol. The van der Waals surface area contributed by atoms with E-state index in [4.69, 9.17) is 27.7 Å². The zero-order valence-corrected chi connectivity index (χ0v) is 13.6. The maximum atomic E-state index is 12.2. The van der Waals surface area contributed by atoms with Gasteiger partial charge >= 0.3 is 0 Å². The Kier molecular flexibility index (Phi) is 4.28. The normalized spacial score (nSPS) is 19.3. The fraction of sp³-hybridized carbons (Fsp3) is 0.267. The first-order valence-electron chi connectivity index (χ1n) is 6.94. The minimum Gasteiger partial charge on any atom is -0.360 e. The topological polar surface area (TPSA) is 84.2 Å². The molecule has 2 amide bonds. The van der Waals surface area contributed by atoms with Gasteiger partial charge in [0.15, 0.2) is 5.82 Å². The molecule has 8 heteroatoms. The van der Waals surface area contributed by atoms with Gasteiger partial charge < -0.3 is 15.2 Å². The highest BCUT2D eigenvalue weighted by atomic mass is 35.5. The molecule has 1 fully saturated rings. The monoisotopic (exact) mass is 353 g/mol. The Balaban J connectivity index is 1.57. The molecule has 0 radical (unpaired) electrons. The van der Waals surface area contributed by atoms with E-state index in [1.54, 1.807) is 31.2 Å². The van der Waals surface area contributed by atoms with Crippen molar-refractivity contribution in [1.29, 1.82) is 0 Å². The molecule has 2 N–H and O–H groups in total. The second kappa shape index (κ2) is 6.22. The highest BCUT2D eigenvalue weighted by Gasteiger charge is 2.48. The van der Waals surface area contributed by atoms with E-state index in [2.05, 4.69) is 15.8 Å². The first kappa shape index (κ1) is 15.8. The van der Waals surface area contributed by atoms with Crippen LogP contribution in [0.5, 0.6) is 0 Å². The van der Waals surface area contributed by atoms with Gasteiger partial charge in [0.05, 0.1) is 22.5 Å². The fourth-order valence-electron chi connectivity index (χ4n) is 2.24. The first-order valence-corrected chi connectivity index (χ1v) is 7.70. The average Bonchev–Trinajstić information content (AvgIpc) is 3.20. The molecule has 0 aliphatic heterocycles. The second-order valence-corrected chi connectivity index (χ2v) is 6.22. The summed E-state index contributed by atoms with van der Waals surface area (Å²) in [5, 5.41) is 9.86. The van der Waals surface area contributed by atoms with Gasteiger partial charge in [-0.3, -0.25) is 9.59 Å². The molecule has 6 nitrogen and oxygen atoms in total. The molecule has 2 aromatic rings. The maximum Gasteiger partial charge on any atom is 0.229 e. The van der Waals surface area contributed by atoms with Crippen molar-refractivity contribution in [1.82, 2.24) is 5.16 Å². The number of nitrogens with one attached hydrogen (secondary N) is 2. The number of nitrogens with zero attached hydrogens (tertiary/aromatic N) is 1. The molecule has 2 unspecified atom stereocenters. The van der Waals surface area contributed by atoms with Gasteiger partial charge in [0, 0.05) is 11.1 Å². The molecule has 1 aliphatic carbocycles. The average molecular weight is 354 g/mol. The standard InChI is InChI=1S/C15H13Cl2N3O3/c1-7-4-13(20-23-7)19-15(22)10-6-9(10)14(21)18-12-3-2-8(16)5-11(12)17/h2-5,9-10H,6H2,1H3,(H,18,21)(H,19,20,22). The van der Waals surface area contributed by atoms with Gasteiger partial charge in [-0.05, 0) is 31.5 Å². The molecule has 1 heterocycles. The van der Waals surface area contributed by atoms with E-state index in [9.17, 15) is 9.59 Å². The van der Waals surface area contributed by atoms with Crippen molar-refractivity contribution >= 4 is 46.5 Å². The third-order valence-electron chi connectivity index (χ3n) is 3.53. The van der Waals surface area contributed by atoms with Gasteiger partial charge in [0.1, 0.15) is 5.76 Å². The van der Waals surface area contributed by atoms with E-state index in [1.165, 1.54) is 0 Å². The number of amides is 2. The van der Waals surface area contributed by atoms with Crippen molar-refractivity contribution in [3.63, 3.8) is 0 Å². The van der Waals surface area contributed by atoms with Gasteiger partial charge in [-0.2, -0.15) is 0 Å². The van der Waals surface area contributed by atoms with Gasteiger partial charge in [-0.1, -0.05) is 28.4 Å². The van der Waals surface area contributed by atoms with Crippen LogP contribution in [0, 0.1) is 18.8 Å². The van der Waals surface area contributed by atoms with Crippen LogP contribution in [0.15, 0.2) is 28.8 Å². The minimum absolute atomic E-state index is 0.245. The molecule has 0 saturated heterocycles. The number of hydrogen-bond donors (Lipinski definition) is 2. The lowest BCUT2D eigenvalue weighted by Gasteiger charge is -2.07. The minimum atomic E-state index is -0.380. The summed E-state index contributed by atoms with van der Waals surface area (Å²) in [4.78, 5) is 24.2. The number of rotatable bonds is 4. The molecular weight excluding hydrogens is 341 g/mol. The summed E-state index contributed by atoms with van der Waals surface area (Å²) in [6.07, 6.45) is 0.486. The van der Waals surface area contributed by atoms with Crippen LogP contribution in [0.25, 0.3) is 0 Å². The highest BCUT2D eigenvalue weighted by molar-refractivity contribution is 6.36. The van der Waals surface area contributed by atoms with Crippen molar-refractivity contribution in [2.45, 2.75) is 13.3 Å². The van der Waals surface area contributed by atoms with E-state index in [0.717, 1.165) is 0 Å². The molecule has 1 saturated carbocycles. The zero-order valence-electron chi connectivity index (χ0n) is 12.1. The van der Waals surface area contributed by atoms with E-state index in [0.29, 0.717) is 33.7 Å². The largest absolute Gasteiger partial charge is 0.360 e. The molecule has 3 rings (SSSR count). The summed E-state index contributed by atoms with van der Waals surface area (Å²) < 4.78 is 4.87. The Morgan fingerprint density at radius 1 is 1.17 bits per heavy atom. The van der Waals surface area contributed by atoms with Crippen LogP contribution in [0.3, 0.4) is 0 Å². The molecule has 120 valence electrons. The number of aryl methyl sites for hydroxylation is 1. The number of benzene rings is 1. The Bertz CT molecular complexity index is 775. The number of halogens is 2. The summed E-state index contributed by atoms with van der Waals surface area (Å²) in [6.45, 7) is 1.73. The summed E-state index contributed by atoms with van der Waals surface area (Å²) in [5.41, 5.74) is 0.472. The van der Waals surface area contributed by atoms with Crippen LogP contribution < -0.4 is 10.6 Å². The molecule has 1 aromatic heterocycles. The second-order valence-electron chi connectivity index (χ2n) is 5.37. The van der Waals surface area contributed by atoms with Crippen molar-refractivity contribution in [2.24, 2.45) is 11.8 Å². The summed E-state index contributed by atoms with van der Waals surface area (Å²) in [7, 11) is 0. The Labute approximate surface area is 142 Å². The fourth-order valence-corrected chi connectivity index (χ4v) is 2.69. The Morgan fingerprint density at radius 2 is 1.87 bits per heavy atom. The molecule has 1 aromatic carbocycles. The summed E-state index contributed by atoms with van der Waals surface area (Å²) >= 11 is 11.8. The SMILES string of the molecule is Cc1cc(NC(=O)C2CC2C(=O)Nc2ccc(Cl)cc2Cl)no1. The third-order valence-corrected chi connectivity index (χ3v) is 4.08. The van der Waals surface area contributed by atoms with Crippen LogP contribution in [-0.2, 0) is 9.59 Å². The number of carbonyl (C=O) groups is 2. The van der Waals surface area contributed by atoms with Gasteiger partial charge in [0.2, 0.25) is 11.8 Å². The molecule has 0 spiro atoms. The predicted octanol–water partition coefficient (Wildman–Crippen LogP) is 3.50. The van der Waals surface area contributed by atoms with E-state index in [-0.39, 0.29) is 23.7 Å². The lowest BCUT2D eigenvalue weighted by molar-refractivity contribution is -0.122. The molecule has 0 bridgehead atoms. The highest BCUT2D eigenvalue weighted by Crippen LogP contribution is 2.40. The summed E-state index contributed by atoms with van der Waals surface area (Å²) in [5.74, 6) is -0.304. The van der Waals surface area contributed by atoms with Gasteiger partial charge in [0.25, 0.3) is 0 Å². The van der Waals surface area contributed by atoms with Crippen molar-refractivity contribution < 1.29 is 14.1 Å². The number of hydrogen-bond acceptors (Lipinski definition) is 4.